The topological polar surface area (TPSA) is 464 Å². The van der Waals surface area contributed by atoms with Gasteiger partial charge in [0, 0.05) is 19.6 Å². The number of rotatable bonds is 24. The molecule has 14 N–H and O–H groups in total. The molecule has 3 fully saturated rings. The van der Waals surface area contributed by atoms with E-state index >= 15 is 0 Å². The summed E-state index contributed by atoms with van der Waals surface area (Å²) < 4.78 is 0. The zero-order valence-electron chi connectivity index (χ0n) is 51.5. The molecule has 3 aliphatic rings. The molecular weight excluding hydrogens is 1170 g/mol. The second-order valence-corrected chi connectivity index (χ2v) is 23.1. The molecule has 3 aliphatic heterocycles. The third-order valence-corrected chi connectivity index (χ3v) is 15.4. The number of aliphatic hydroxyl groups excluding tert-OH is 1. The monoisotopic (exact) mass is 1260 g/mol. The quantitative estimate of drug-likeness (QED) is 0.0357. The van der Waals surface area contributed by atoms with Crippen LogP contribution in [0, 0.1) is 11.8 Å². The van der Waals surface area contributed by atoms with Crippen LogP contribution < -0.4 is 53.2 Å². The van der Waals surface area contributed by atoms with E-state index in [0.717, 1.165) is 43.9 Å². The van der Waals surface area contributed by atoms with Crippen LogP contribution in [-0.4, -0.2) is 213 Å². The van der Waals surface area contributed by atoms with Crippen LogP contribution in [0.4, 0.5) is 0 Å². The van der Waals surface area contributed by atoms with Crippen LogP contribution >= 0.6 is 0 Å². The normalized spacial score (nSPS) is 23.9. The average Bonchev–Trinajstić information content (AvgIpc) is 2.09. The number of nitrogens with one attached hydrogen (secondary N) is 10. The van der Waals surface area contributed by atoms with Crippen molar-refractivity contribution in [1.82, 2.24) is 63.0 Å². The highest BCUT2D eigenvalue weighted by Gasteiger charge is 2.43. The van der Waals surface area contributed by atoms with Crippen LogP contribution in [0.25, 0.3) is 0 Å². The second kappa shape index (κ2) is 38.9. The smallest absolute Gasteiger partial charge is 0.305 e. The minimum atomic E-state index is -1.90. The number of carbonyl (C=O) groups excluding carboxylic acids is 12. The van der Waals surface area contributed by atoms with E-state index in [1.165, 1.54) is 36.7 Å². The van der Waals surface area contributed by atoms with Gasteiger partial charge in [-0.05, 0) is 69.8 Å². The Labute approximate surface area is 516 Å². The fourth-order valence-corrected chi connectivity index (χ4v) is 10.3. The number of unbranched alkanes of at least 4 members (excludes halogenated alkanes) is 8. The molecule has 498 valence electrons. The maximum Gasteiger partial charge on any atom is 0.305 e. The molecule has 3 rings (SSSR count). The summed E-state index contributed by atoms with van der Waals surface area (Å²) in [6, 6.07) is -13.2. The number of carboxylic acids is 3. The van der Waals surface area contributed by atoms with E-state index in [-0.39, 0.29) is 38.8 Å². The highest BCUT2D eigenvalue weighted by atomic mass is 16.4. The first-order valence-electron chi connectivity index (χ1n) is 30.6. The van der Waals surface area contributed by atoms with E-state index in [2.05, 4.69) is 67.0 Å². The Bertz CT molecular complexity index is 2550. The fraction of sp³-hybridized carbons (Fsp3) is 0.707. The number of carboxylic acid groups (broad SMARTS) is 3. The molecule has 0 aromatic carbocycles. The third-order valence-electron chi connectivity index (χ3n) is 15.4. The van der Waals surface area contributed by atoms with Crippen LogP contribution in [0.3, 0.4) is 0 Å². The highest BCUT2D eigenvalue weighted by Crippen LogP contribution is 2.23. The molecule has 12 amide bonds. The number of hydrogen-bond donors (Lipinski definition) is 14. The molecule has 0 aliphatic carbocycles. The van der Waals surface area contributed by atoms with Gasteiger partial charge in [0.05, 0.1) is 45.0 Å². The number of fused-ring (bicyclic) bond motifs is 2. The molecule has 0 bridgehead atoms. The van der Waals surface area contributed by atoms with E-state index in [9.17, 15) is 92.3 Å². The van der Waals surface area contributed by atoms with Crippen molar-refractivity contribution in [1.29, 1.82) is 0 Å². The average molecular weight is 1260 g/mol. The number of carbonyl (C=O) groups is 15. The number of piperidine rings is 1. The van der Waals surface area contributed by atoms with E-state index in [4.69, 9.17) is 0 Å². The Hall–Kier alpha value is -8.25. The van der Waals surface area contributed by atoms with Gasteiger partial charge in [-0.25, -0.2) is 0 Å². The molecule has 0 radical (unpaired) electrons. The van der Waals surface area contributed by atoms with Crippen molar-refractivity contribution in [2.45, 2.75) is 211 Å². The highest BCUT2D eigenvalue weighted by molar-refractivity contribution is 6.00. The maximum absolute atomic E-state index is 14.8. The lowest BCUT2D eigenvalue weighted by Gasteiger charge is -2.37. The van der Waals surface area contributed by atoms with Gasteiger partial charge in [0.25, 0.3) is 0 Å². The molecule has 0 spiro atoms. The first-order valence-corrected chi connectivity index (χ1v) is 30.6. The zero-order chi connectivity index (χ0) is 66.3. The van der Waals surface area contributed by atoms with Gasteiger partial charge in [-0.1, -0.05) is 91.6 Å². The van der Waals surface area contributed by atoms with Crippen molar-refractivity contribution in [3.05, 3.63) is 12.2 Å². The maximum atomic E-state index is 14.8. The van der Waals surface area contributed by atoms with Crippen LogP contribution in [0.5, 0.6) is 0 Å². The zero-order valence-corrected chi connectivity index (χ0v) is 51.5. The van der Waals surface area contributed by atoms with Crippen LogP contribution in [0.15, 0.2) is 12.2 Å². The van der Waals surface area contributed by atoms with Crippen molar-refractivity contribution >= 4 is 88.8 Å². The van der Waals surface area contributed by atoms with E-state index in [1.807, 2.05) is 0 Å². The van der Waals surface area contributed by atoms with E-state index in [1.54, 1.807) is 19.9 Å². The minimum Gasteiger partial charge on any atom is -0.481 e. The summed E-state index contributed by atoms with van der Waals surface area (Å²) >= 11 is 0. The molecule has 0 aromatic heterocycles. The number of hydrogen-bond acceptors (Lipinski definition) is 16. The Morgan fingerprint density at radius 1 is 0.573 bits per heavy atom. The van der Waals surface area contributed by atoms with Crippen molar-refractivity contribution in [2.24, 2.45) is 11.8 Å². The Kier molecular flexibility index (Phi) is 32.8. The molecule has 89 heavy (non-hydrogen) atoms. The first-order chi connectivity index (χ1) is 42.1. The number of nitrogens with zero attached hydrogens (tertiary/aromatic N) is 2. The summed E-state index contributed by atoms with van der Waals surface area (Å²) in [5.41, 5.74) is 0. The number of amides is 12. The van der Waals surface area contributed by atoms with Gasteiger partial charge in [0.1, 0.15) is 48.3 Å². The molecular formula is C58H92N12O19. The molecule has 0 aromatic rings. The van der Waals surface area contributed by atoms with E-state index < -0.39 is 195 Å². The van der Waals surface area contributed by atoms with Crippen molar-refractivity contribution in [2.75, 3.05) is 39.3 Å². The molecule has 10 atom stereocenters. The van der Waals surface area contributed by atoms with Crippen LogP contribution in [-0.2, 0) is 71.9 Å². The van der Waals surface area contributed by atoms with E-state index in [0.29, 0.717) is 25.2 Å². The first kappa shape index (κ1) is 75.0. The Morgan fingerprint density at radius 3 is 1.60 bits per heavy atom. The predicted molar refractivity (Wildman–Crippen MR) is 316 cm³/mol. The van der Waals surface area contributed by atoms with Gasteiger partial charge in [-0.15, -0.1) is 0 Å². The van der Waals surface area contributed by atoms with Gasteiger partial charge in [0.2, 0.25) is 70.9 Å². The molecule has 3 heterocycles. The van der Waals surface area contributed by atoms with Crippen molar-refractivity contribution in [3.63, 3.8) is 0 Å². The molecule has 0 saturated carbocycles. The summed E-state index contributed by atoms with van der Waals surface area (Å²) in [6.07, 6.45) is 9.55. The minimum absolute atomic E-state index is 0.0160. The van der Waals surface area contributed by atoms with Crippen LogP contribution in [0.1, 0.15) is 157 Å². The Balaban J connectivity index is 2.00. The molecule has 31 heteroatoms. The summed E-state index contributed by atoms with van der Waals surface area (Å²) in [5, 5.41) is 62.5. The lowest BCUT2D eigenvalue weighted by atomic mass is 9.96. The lowest BCUT2D eigenvalue weighted by molar-refractivity contribution is -0.146. The van der Waals surface area contributed by atoms with Gasteiger partial charge in [-0.3, -0.25) is 71.9 Å². The predicted octanol–water partition coefficient (Wildman–Crippen LogP) is -2.29. The molecule has 3 saturated heterocycles. The molecule has 0 unspecified atom stereocenters. The van der Waals surface area contributed by atoms with Gasteiger partial charge in [-0.2, -0.15) is 0 Å². The van der Waals surface area contributed by atoms with Gasteiger partial charge >= 0.3 is 17.9 Å². The van der Waals surface area contributed by atoms with Crippen LogP contribution in [0.2, 0.25) is 0 Å². The lowest BCUT2D eigenvalue weighted by Crippen LogP contribution is -2.63. The summed E-state index contributed by atoms with van der Waals surface area (Å²) in [4.78, 5) is 202. The van der Waals surface area contributed by atoms with Crippen molar-refractivity contribution < 1.29 is 92.3 Å². The molecule has 31 nitrogen and oxygen atoms in total. The third kappa shape index (κ3) is 26.9. The number of allylic oxidation sites excluding steroid dienone is 1. The number of aliphatic carboxylic acids is 3. The van der Waals surface area contributed by atoms with Gasteiger partial charge < -0.3 is 83.4 Å². The largest absolute Gasteiger partial charge is 0.481 e. The standard InChI is InChI=1S/C58H92N12O19/c1-6-34(4)49-58(89)70-25-19-22-41(70)54(85)59-29-39(66-53(84)38(28-48(80)81)63-42(72)23-16-14-12-10-8-7-9-11-13-15-20-33(2)3)57(88)69-24-18-17-21-40(69)55(86)62-31-44(74)65-36(26-46(76)77)51(82)60-30-43(73)64-37(27-47(78)79)52(83)61-32-45(75)67-50(35(5)71)56(87)68-49/h16,23,33-41,49-50,71H,6-15,17-22,24-32H2,1-5H3,(H,59,85)(H,60,82)(H,61,83)(H,62,86)(H,63,72)(H,64,73)(H,65,74)(H,66,84)(H,67,75)(H,68,87)(H,76,77)(H,78,79)(H,80,81)/b23-16+/t34-,35+,36-,37-,38-,39-,40+,41-,49+,50+/m0/s1. The Morgan fingerprint density at radius 2 is 1.07 bits per heavy atom. The second-order valence-electron chi connectivity index (χ2n) is 23.1. The summed E-state index contributed by atoms with van der Waals surface area (Å²) in [7, 11) is 0. The van der Waals surface area contributed by atoms with Gasteiger partial charge in [0.15, 0.2) is 0 Å². The fourth-order valence-electron chi connectivity index (χ4n) is 10.3. The SMILES string of the molecule is CC[C@H](C)[C@H]1NC(=O)[C@@H]([C@@H](C)O)NC(=O)CNC(=O)[C@H](CC(=O)O)NC(=O)CNC(=O)[C@H](CC(=O)O)NC(=O)CNC(=O)[C@H]2CCCCN2C(=O)[C@@H](NC(=O)[C@H](CC(=O)O)NC(=O)/C=C/CCCCCCCCCCC(C)C)CNC(=O)[C@@H]2CCCN2C1=O. The summed E-state index contributed by atoms with van der Waals surface area (Å²) in [5.74, 6) is -17.2. The summed E-state index contributed by atoms with van der Waals surface area (Å²) in [6.45, 7) is 5.09. The number of aliphatic hydroxyl groups is 1. The van der Waals surface area contributed by atoms with Crippen molar-refractivity contribution in [3.8, 4) is 0 Å².